The van der Waals surface area contributed by atoms with Gasteiger partial charge in [0.05, 0.1) is 15.6 Å². The molecule has 3 aromatic rings. The number of nitrogens with zero attached hydrogens (tertiary/aromatic N) is 1. The number of nitro benzene ring substituents is 1. The van der Waals surface area contributed by atoms with E-state index in [9.17, 15) is 10.1 Å². The highest BCUT2D eigenvalue weighted by atomic mass is 35.5. The zero-order valence-electron chi connectivity index (χ0n) is 12.1. The molecule has 3 rings (SSSR count). The molecule has 0 aromatic heterocycles. The number of benzene rings is 3. The summed E-state index contributed by atoms with van der Waals surface area (Å²) in [5.41, 5.74) is 7.68. The minimum Gasteiger partial charge on any atom is -0.365 e. The zero-order valence-corrected chi connectivity index (χ0v) is 12.8. The van der Waals surface area contributed by atoms with E-state index in [2.05, 4.69) is 5.32 Å². The highest BCUT2D eigenvalue weighted by molar-refractivity contribution is 6.33. The summed E-state index contributed by atoms with van der Waals surface area (Å²) in [5.74, 6) is 0. The molecule has 5 nitrogen and oxygen atoms in total. The SMILES string of the molecule is NC(Nc1ccc([N+](=O)[O-])cc1Cl)c1cccc2ccccc12. The number of anilines is 1. The number of halogens is 1. The third kappa shape index (κ3) is 3.11. The molecule has 1 atom stereocenters. The molecule has 0 saturated carbocycles. The van der Waals surface area contributed by atoms with Crippen LogP contribution in [0.2, 0.25) is 5.02 Å². The monoisotopic (exact) mass is 327 g/mol. The summed E-state index contributed by atoms with van der Waals surface area (Å²) in [6.45, 7) is 0. The third-order valence-corrected chi connectivity index (χ3v) is 3.95. The molecular formula is C17H14ClN3O2. The van der Waals surface area contributed by atoms with E-state index in [1.54, 1.807) is 6.07 Å². The lowest BCUT2D eigenvalue weighted by atomic mass is 10.0. The van der Waals surface area contributed by atoms with Gasteiger partial charge in [-0.1, -0.05) is 54.1 Å². The molecule has 6 heteroatoms. The van der Waals surface area contributed by atoms with Crippen LogP contribution < -0.4 is 11.1 Å². The molecule has 0 heterocycles. The molecule has 0 aliphatic heterocycles. The molecule has 0 bridgehead atoms. The summed E-state index contributed by atoms with van der Waals surface area (Å²) in [4.78, 5) is 10.3. The molecule has 0 spiro atoms. The molecule has 116 valence electrons. The van der Waals surface area contributed by atoms with Gasteiger partial charge in [-0.3, -0.25) is 10.1 Å². The van der Waals surface area contributed by atoms with Crippen LogP contribution in [-0.2, 0) is 0 Å². The number of non-ortho nitro benzene ring substituents is 1. The number of rotatable bonds is 4. The van der Waals surface area contributed by atoms with Crippen molar-refractivity contribution in [2.75, 3.05) is 5.32 Å². The number of hydrogen-bond donors (Lipinski definition) is 2. The molecular weight excluding hydrogens is 314 g/mol. The van der Waals surface area contributed by atoms with Gasteiger partial charge in [0.2, 0.25) is 0 Å². The molecule has 23 heavy (non-hydrogen) atoms. The largest absolute Gasteiger partial charge is 0.365 e. The highest BCUT2D eigenvalue weighted by Crippen LogP contribution is 2.30. The first kappa shape index (κ1) is 15.3. The van der Waals surface area contributed by atoms with Crippen molar-refractivity contribution in [1.82, 2.24) is 0 Å². The minimum atomic E-state index is -0.486. The second-order valence-electron chi connectivity index (χ2n) is 5.11. The van der Waals surface area contributed by atoms with Crippen molar-refractivity contribution in [3.63, 3.8) is 0 Å². The summed E-state index contributed by atoms with van der Waals surface area (Å²) in [7, 11) is 0. The van der Waals surface area contributed by atoms with Gasteiger partial charge in [0, 0.05) is 12.1 Å². The van der Waals surface area contributed by atoms with E-state index in [-0.39, 0.29) is 10.7 Å². The molecule has 1 unspecified atom stereocenters. The maximum Gasteiger partial charge on any atom is 0.271 e. The van der Waals surface area contributed by atoms with Gasteiger partial charge in [0.15, 0.2) is 0 Å². The maximum atomic E-state index is 10.8. The summed E-state index contributed by atoms with van der Waals surface area (Å²) in [6.07, 6.45) is -0.486. The first-order valence-electron chi connectivity index (χ1n) is 7.00. The Kier molecular flexibility index (Phi) is 4.14. The van der Waals surface area contributed by atoms with E-state index in [0.717, 1.165) is 16.3 Å². The van der Waals surface area contributed by atoms with Crippen molar-refractivity contribution in [2.24, 2.45) is 5.73 Å². The predicted octanol–water partition coefficient (Wildman–Crippen LogP) is 4.47. The first-order valence-corrected chi connectivity index (χ1v) is 7.38. The van der Waals surface area contributed by atoms with Crippen molar-refractivity contribution in [1.29, 1.82) is 0 Å². The first-order chi connectivity index (χ1) is 11.1. The van der Waals surface area contributed by atoms with Crippen LogP contribution in [0, 0.1) is 10.1 Å². The lowest BCUT2D eigenvalue weighted by Gasteiger charge is -2.18. The number of nitrogens with two attached hydrogens (primary N) is 1. The zero-order chi connectivity index (χ0) is 16.4. The highest BCUT2D eigenvalue weighted by Gasteiger charge is 2.13. The molecule has 0 aliphatic carbocycles. The molecule has 0 aliphatic rings. The van der Waals surface area contributed by atoms with Crippen LogP contribution in [0.15, 0.2) is 60.7 Å². The molecule has 0 saturated heterocycles. The molecule has 3 N–H and O–H groups in total. The van der Waals surface area contributed by atoms with E-state index in [4.69, 9.17) is 17.3 Å². The van der Waals surface area contributed by atoms with Gasteiger partial charge >= 0.3 is 0 Å². The van der Waals surface area contributed by atoms with Gasteiger partial charge < -0.3 is 11.1 Å². The second kappa shape index (κ2) is 6.24. The van der Waals surface area contributed by atoms with Gasteiger partial charge in [-0.25, -0.2) is 0 Å². The fraction of sp³-hybridized carbons (Fsp3) is 0.0588. The Morgan fingerprint density at radius 3 is 2.57 bits per heavy atom. The summed E-state index contributed by atoms with van der Waals surface area (Å²) in [5, 5.41) is 16.3. The van der Waals surface area contributed by atoms with Crippen LogP contribution in [0.3, 0.4) is 0 Å². The van der Waals surface area contributed by atoms with Gasteiger partial charge in [-0.05, 0) is 22.4 Å². The maximum absolute atomic E-state index is 10.8. The van der Waals surface area contributed by atoms with E-state index in [1.807, 2.05) is 42.5 Å². The van der Waals surface area contributed by atoms with Crippen LogP contribution in [0.25, 0.3) is 10.8 Å². The Morgan fingerprint density at radius 1 is 1.09 bits per heavy atom. The lowest BCUT2D eigenvalue weighted by molar-refractivity contribution is -0.384. The van der Waals surface area contributed by atoms with E-state index in [0.29, 0.717) is 5.69 Å². The Labute approximate surface area is 137 Å². The standard InChI is InChI=1S/C17H14ClN3O2/c18-15-10-12(21(22)23)8-9-16(15)20-17(19)14-7-3-5-11-4-1-2-6-13(11)14/h1-10,17,20H,19H2. The smallest absolute Gasteiger partial charge is 0.271 e. The van der Waals surface area contributed by atoms with Gasteiger partial charge in [0.25, 0.3) is 5.69 Å². The normalized spacial score (nSPS) is 12.1. The number of fused-ring (bicyclic) bond motifs is 1. The summed E-state index contributed by atoms with van der Waals surface area (Å²) >= 11 is 6.10. The third-order valence-electron chi connectivity index (χ3n) is 3.63. The summed E-state index contributed by atoms with van der Waals surface area (Å²) < 4.78 is 0. The van der Waals surface area contributed by atoms with Crippen molar-refractivity contribution >= 4 is 33.7 Å². The fourth-order valence-electron chi connectivity index (χ4n) is 2.50. The van der Waals surface area contributed by atoms with Crippen LogP contribution in [0.1, 0.15) is 11.7 Å². The Hall–Kier alpha value is -2.63. The number of nitro groups is 1. The van der Waals surface area contributed by atoms with Gasteiger partial charge in [-0.2, -0.15) is 0 Å². The van der Waals surface area contributed by atoms with Crippen LogP contribution >= 0.6 is 11.6 Å². The van der Waals surface area contributed by atoms with Crippen LogP contribution in [0.4, 0.5) is 11.4 Å². The summed E-state index contributed by atoms with van der Waals surface area (Å²) in [6, 6.07) is 18.1. The quantitative estimate of drug-likeness (QED) is 0.421. The molecule has 0 amide bonds. The van der Waals surface area contributed by atoms with Crippen LogP contribution in [-0.4, -0.2) is 4.92 Å². The Balaban J connectivity index is 1.92. The molecule has 0 radical (unpaired) electrons. The predicted molar refractivity (Wildman–Crippen MR) is 92.6 cm³/mol. The Morgan fingerprint density at radius 2 is 1.83 bits per heavy atom. The van der Waals surface area contributed by atoms with E-state index < -0.39 is 11.1 Å². The van der Waals surface area contributed by atoms with Crippen molar-refractivity contribution in [2.45, 2.75) is 6.17 Å². The van der Waals surface area contributed by atoms with E-state index >= 15 is 0 Å². The molecule has 0 fully saturated rings. The lowest BCUT2D eigenvalue weighted by Crippen LogP contribution is -2.20. The fourth-order valence-corrected chi connectivity index (χ4v) is 2.73. The topological polar surface area (TPSA) is 81.2 Å². The number of nitrogens with one attached hydrogen (secondary N) is 1. The van der Waals surface area contributed by atoms with Crippen LogP contribution in [0.5, 0.6) is 0 Å². The van der Waals surface area contributed by atoms with Crippen molar-refractivity contribution in [3.05, 3.63) is 81.4 Å². The van der Waals surface area contributed by atoms with Gasteiger partial charge in [0.1, 0.15) is 6.17 Å². The minimum absolute atomic E-state index is 0.0562. The Bertz CT molecular complexity index is 877. The van der Waals surface area contributed by atoms with Gasteiger partial charge in [-0.15, -0.1) is 0 Å². The average molecular weight is 328 g/mol. The number of hydrogen-bond acceptors (Lipinski definition) is 4. The van der Waals surface area contributed by atoms with Crippen molar-refractivity contribution in [3.8, 4) is 0 Å². The average Bonchev–Trinajstić information content (AvgIpc) is 2.56. The molecule has 3 aromatic carbocycles. The second-order valence-corrected chi connectivity index (χ2v) is 5.52. The van der Waals surface area contributed by atoms with Crippen molar-refractivity contribution < 1.29 is 4.92 Å². The van der Waals surface area contributed by atoms with E-state index in [1.165, 1.54) is 12.1 Å².